The largest absolute Gasteiger partial charge is 0.368 e. The van der Waals surface area contributed by atoms with Gasteiger partial charge in [0.2, 0.25) is 0 Å². The van der Waals surface area contributed by atoms with Crippen LogP contribution in [0.2, 0.25) is 0 Å². The average molecular weight is 233 g/mol. The Kier molecular flexibility index (Phi) is 3.10. The molecule has 0 bridgehead atoms. The fraction of sp³-hybridized carbons (Fsp3) is 0.167. The molecule has 0 atom stereocenters. The highest BCUT2D eigenvalue weighted by molar-refractivity contribution is 8.02. The van der Waals surface area contributed by atoms with Gasteiger partial charge >= 0.3 is 5.97 Å². The topological polar surface area (TPSA) is 38.7 Å². The predicted octanol–water partition coefficient (Wildman–Crippen LogP) is 2.90. The van der Waals surface area contributed by atoms with E-state index >= 15 is 0 Å². The predicted molar refractivity (Wildman–Crippen MR) is 64.3 cm³/mol. The molecule has 1 heterocycles. The van der Waals surface area contributed by atoms with E-state index in [0.717, 1.165) is 4.90 Å². The first-order valence-corrected chi connectivity index (χ1v) is 5.74. The maximum Gasteiger partial charge on any atom is 0.368 e. The number of rotatable bonds is 2. The van der Waals surface area contributed by atoms with Crippen LogP contribution in [-0.4, -0.2) is 11.7 Å². The Bertz CT molecular complexity index is 474. The number of hydrogen-bond donors (Lipinski definition) is 0. The molecule has 0 N–H and O–H groups in total. The van der Waals surface area contributed by atoms with Gasteiger partial charge < -0.3 is 4.84 Å². The summed E-state index contributed by atoms with van der Waals surface area (Å²) in [5.41, 5.74) is 2.38. The lowest BCUT2D eigenvalue weighted by Gasteiger charge is -1.97. The fourth-order valence-corrected chi connectivity index (χ4v) is 2.05. The average Bonchev–Trinajstić information content (AvgIpc) is 2.59. The summed E-state index contributed by atoms with van der Waals surface area (Å²) in [7, 11) is 0. The molecule has 0 fully saturated rings. The molecule has 1 aromatic carbocycles. The number of benzene rings is 1. The van der Waals surface area contributed by atoms with E-state index in [2.05, 4.69) is 9.99 Å². The van der Waals surface area contributed by atoms with Gasteiger partial charge in [-0.15, -0.1) is 0 Å². The van der Waals surface area contributed by atoms with E-state index in [4.69, 9.17) is 0 Å². The van der Waals surface area contributed by atoms with Crippen molar-refractivity contribution in [1.29, 1.82) is 0 Å². The van der Waals surface area contributed by atoms with Gasteiger partial charge in [-0.25, -0.2) is 4.79 Å². The van der Waals surface area contributed by atoms with E-state index in [-0.39, 0.29) is 5.97 Å². The number of carbonyl (C=O) groups is 1. The Morgan fingerprint density at radius 3 is 2.50 bits per heavy atom. The first-order valence-electron chi connectivity index (χ1n) is 4.86. The zero-order valence-corrected chi connectivity index (χ0v) is 9.88. The summed E-state index contributed by atoms with van der Waals surface area (Å²) in [5.74, 6) is -0.378. The zero-order valence-electron chi connectivity index (χ0n) is 9.06. The molecule has 3 nitrogen and oxygen atoms in total. The Labute approximate surface area is 98.2 Å². The molecule has 1 aliphatic rings. The summed E-state index contributed by atoms with van der Waals surface area (Å²) in [6.45, 7) is 3.80. The van der Waals surface area contributed by atoms with Crippen molar-refractivity contribution >= 4 is 23.4 Å². The van der Waals surface area contributed by atoms with Gasteiger partial charge in [0, 0.05) is 4.90 Å². The second-order valence-electron chi connectivity index (χ2n) is 3.52. The zero-order chi connectivity index (χ0) is 11.5. The van der Waals surface area contributed by atoms with Crippen LogP contribution in [-0.2, 0) is 9.63 Å². The molecule has 0 amide bonds. The van der Waals surface area contributed by atoms with Crippen molar-refractivity contribution in [1.82, 2.24) is 0 Å². The lowest BCUT2D eigenvalue weighted by atomic mass is 10.2. The number of aryl methyl sites for hydroxylation is 1. The second-order valence-corrected chi connectivity index (χ2v) is 4.46. The molecule has 0 saturated heterocycles. The highest BCUT2D eigenvalue weighted by atomic mass is 32.2. The first-order chi connectivity index (χ1) is 7.66. The Morgan fingerprint density at radius 2 is 1.94 bits per heavy atom. The Balaban J connectivity index is 2.12. The number of thioether (sulfide) groups is 1. The maximum absolute atomic E-state index is 11.2. The van der Waals surface area contributed by atoms with Crippen molar-refractivity contribution in [2.75, 3.05) is 0 Å². The lowest BCUT2D eigenvalue weighted by molar-refractivity contribution is -0.136. The number of carbonyl (C=O) groups excluding carboxylic acids is 1. The third-order valence-corrected chi connectivity index (χ3v) is 3.11. The monoisotopic (exact) mass is 233 g/mol. The summed E-state index contributed by atoms with van der Waals surface area (Å²) in [6, 6.07) is 8.11. The molecule has 1 aromatic rings. The fourth-order valence-electron chi connectivity index (χ4n) is 1.23. The number of nitrogens with zero attached hydrogens (tertiary/aromatic N) is 1. The van der Waals surface area contributed by atoms with Crippen LogP contribution < -0.4 is 0 Å². The van der Waals surface area contributed by atoms with Crippen molar-refractivity contribution in [3.63, 3.8) is 0 Å². The Morgan fingerprint density at radius 1 is 1.25 bits per heavy atom. The number of hydrogen-bond acceptors (Lipinski definition) is 4. The lowest BCUT2D eigenvalue weighted by Crippen LogP contribution is -2.00. The molecule has 82 valence electrons. The van der Waals surface area contributed by atoms with Gasteiger partial charge in [0.1, 0.15) is 0 Å². The van der Waals surface area contributed by atoms with Gasteiger partial charge in [-0.3, -0.25) is 0 Å². The van der Waals surface area contributed by atoms with Gasteiger partial charge in [0.05, 0.1) is 11.3 Å². The van der Waals surface area contributed by atoms with Crippen LogP contribution in [0.1, 0.15) is 12.5 Å². The molecule has 2 rings (SSSR count). The molecule has 0 saturated carbocycles. The van der Waals surface area contributed by atoms with E-state index in [1.807, 2.05) is 31.2 Å². The second kappa shape index (κ2) is 4.53. The van der Waals surface area contributed by atoms with Crippen molar-refractivity contribution in [3.8, 4) is 0 Å². The summed E-state index contributed by atoms with van der Waals surface area (Å²) in [6.07, 6.45) is 0. The molecule has 0 spiro atoms. The van der Waals surface area contributed by atoms with Crippen LogP contribution >= 0.6 is 11.8 Å². The standard InChI is InChI=1S/C12H11NO2S/c1-8-3-5-10(6-4-8)16-7-11-9(2)13-15-12(11)14/h3-7H,1-2H3/b11-7-. The van der Waals surface area contributed by atoms with Crippen molar-refractivity contribution in [2.45, 2.75) is 18.7 Å². The normalized spacial score (nSPS) is 17.5. The van der Waals surface area contributed by atoms with Crippen LogP contribution in [0.15, 0.2) is 45.3 Å². The van der Waals surface area contributed by atoms with Gasteiger partial charge in [0.15, 0.2) is 0 Å². The third-order valence-electron chi connectivity index (χ3n) is 2.21. The molecular weight excluding hydrogens is 222 g/mol. The van der Waals surface area contributed by atoms with Crippen LogP contribution in [0.3, 0.4) is 0 Å². The van der Waals surface area contributed by atoms with Gasteiger partial charge in [-0.2, -0.15) is 0 Å². The highest BCUT2D eigenvalue weighted by Gasteiger charge is 2.21. The number of oxime groups is 1. The van der Waals surface area contributed by atoms with Crippen LogP contribution in [0.5, 0.6) is 0 Å². The minimum absolute atomic E-state index is 0.378. The third kappa shape index (κ3) is 2.33. The van der Waals surface area contributed by atoms with E-state index < -0.39 is 0 Å². The minimum Gasteiger partial charge on any atom is -0.312 e. The Hall–Kier alpha value is -1.55. The molecule has 0 aliphatic carbocycles. The van der Waals surface area contributed by atoms with Crippen LogP contribution in [0.25, 0.3) is 0 Å². The summed E-state index contributed by atoms with van der Waals surface area (Å²) in [4.78, 5) is 16.9. The van der Waals surface area contributed by atoms with Crippen LogP contribution in [0, 0.1) is 6.92 Å². The quantitative estimate of drug-likeness (QED) is 0.448. The SMILES string of the molecule is CC1=NOC(=O)/C1=C\Sc1ccc(C)cc1. The van der Waals surface area contributed by atoms with Crippen molar-refractivity contribution in [3.05, 3.63) is 40.8 Å². The molecule has 0 aromatic heterocycles. The van der Waals surface area contributed by atoms with Crippen LogP contribution in [0.4, 0.5) is 0 Å². The molecular formula is C12H11NO2S. The summed E-state index contributed by atoms with van der Waals surface area (Å²) in [5, 5.41) is 5.39. The molecule has 0 radical (unpaired) electrons. The summed E-state index contributed by atoms with van der Waals surface area (Å²) < 4.78 is 0. The molecule has 1 aliphatic heterocycles. The minimum atomic E-state index is -0.378. The smallest absolute Gasteiger partial charge is 0.312 e. The van der Waals surface area contributed by atoms with E-state index in [1.54, 1.807) is 12.3 Å². The van der Waals surface area contributed by atoms with E-state index in [9.17, 15) is 4.79 Å². The molecule has 0 unspecified atom stereocenters. The van der Waals surface area contributed by atoms with E-state index in [1.165, 1.54) is 17.3 Å². The van der Waals surface area contributed by atoms with Gasteiger partial charge in [-0.1, -0.05) is 34.6 Å². The highest BCUT2D eigenvalue weighted by Crippen LogP contribution is 2.23. The molecule has 4 heteroatoms. The maximum atomic E-state index is 11.2. The van der Waals surface area contributed by atoms with Gasteiger partial charge in [-0.05, 0) is 31.4 Å². The van der Waals surface area contributed by atoms with E-state index in [0.29, 0.717) is 11.3 Å². The van der Waals surface area contributed by atoms with Crippen molar-refractivity contribution < 1.29 is 9.63 Å². The molecule has 16 heavy (non-hydrogen) atoms. The van der Waals surface area contributed by atoms with Gasteiger partial charge in [0.25, 0.3) is 0 Å². The van der Waals surface area contributed by atoms with Crippen molar-refractivity contribution in [2.24, 2.45) is 5.16 Å². The first kappa shape index (κ1) is 11.0. The summed E-state index contributed by atoms with van der Waals surface area (Å²) >= 11 is 1.49.